The molecular formula is C12H18N2O2S. The number of ether oxygens (including phenoxy) is 2. The third kappa shape index (κ3) is 2.68. The molecule has 94 valence electrons. The molecule has 17 heavy (non-hydrogen) atoms. The second kappa shape index (κ2) is 5.02. The Balaban J connectivity index is 1.50. The van der Waals surface area contributed by atoms with Gasteiger partial charge in [0.15, 0.2) is 0 Å². The van der Waals surface area contributed by atoms with E-state index in [9.17, 15) is 0 Å². The first-order valence-electron chi connectivity index (χ1n) is 6.20. The highest BCUT2D eigenvalue weighted by molar-refractivity contribution is 7.07. The molecule has 5 heteroatoms. The first-order chi connectivity index (χ1) is 8.36. The van der Waals surface area contributed by atoms with E-state index in [0.717, 1.165) is 44.7 Å². The summed E-state index contributed by atoms with van der Waals surface area (Å²) in [5.41, 5.74) is 2.97. The average molecular weight is 254 g/mol. The monoisotopic (exact) mass is 254 g/mol. The van der Waals surface area contributed by atoms with Crippen LogP contribution in [0.25, 0.3) is 0 Å². The van der Waals surface area contributed by atoms with Gasteiger partial charge in [-0.3, -0.25) is 0 Å². The van der Waals surface area contributed by atoms with Gasteiger partial charge in [-0.05, 0) is 25.9 Å². The maximum atomic E-state index is 5.98. The van der Waals surface area contributed by atoms with E-state index in [1.165, 1.54) is 0 Å². The average Bonchev–Trinajstić information content (AvgIpc) is 2.98. The molecular weight excluding hydrogens is 236 g/mol. The molecule has 1 aromatic rings. The van der Waals surface area contributed by atoms with Crippen molar-refractivity contribution < 1.29 is 9.47 Å². The largest absolute Gasteiger partial charge is 0.372 e. The number of hydrogen-bond donors (Lipinski definition) is 1. The lowest BCUT2D eigenvalue weighted by molar-refractivity contribution is -0.0241. The fourth-order valence-electron chi connectivity index (χ4n) is 2.65. The zero-order valence-corrected chi connectivity index (χ0v) is 10.7. The van der Waals surface area contributed by atoms with E-state index < -0.39 is 0 Å². The molecule has 2 fully saturated rings. The summed E-state index contributed by atoms with van der Waals surface area (Å²) >= 11 is 1.61. The van der Waals surface area contributed by atoms with Gasteiger partial charge in [0.25, 0.3) is 0 Å². The molecule has 3 heterocycles. The summed E-state index contributed by atoms with van der Waals surface area (Å²) in [6.45, 7) is 3.49. The van der Waals surface area contributed by atoms with Crippen LogP contribution in [0.2, 0.25) is 0 Å². The summed E-state index contributed by atoms with van der Waals surface area (Å²) < 4.78 is 11.9. The van der Waals surface area contributed by atoms with E-state index in [-0.39, 0.29) is 11.7 Å². The van der Waals surface area contributed by atoms with E-state index in [0.29, 0.717) is 6.61 Å². The second-order valence-electron chi connectivity index (χ2n) is 4.86. The molecule has 0 aliphatic carbocycles. The van der Waals surface area contributed by atoms with Crippen molar-refractivity contribution in [2.45, 2.75) is 37.6 Å². The first kappa shape index (κ1) is 11.6. The van der Waals surface area contributed by atoms with Crippen molar-refractivity contribution in [3.63, 3.8) is 0 Å². The second-order valence-corrected chi connectivity index (χ2v) is 5.58. The zero-order chi connectivity index (χ0) is 11.6. The molecule has 1 unspecified atom stereocenters. The Labute approximate surface area is 105 Å². The summed E-state index contributed by atoms with van der Waals surface area (Å²) in [5, 5.41) is 5.41. The number of aromatic nitrogens is 1. The maximum Gasteiger partial charge on any atom is 0.0901 e. The molecule has 0 radical (unpaired) electrons. The topological polar surface area (TPSA) is 43.4 Å². The van der Waals surface area contributed by atoms with Crippen LogP contribution in [0.3, 0.4) is 0 Å². The van der Waals surface area contributed by atoms with Crippen molar-refractivity contribution in [2.24, 2.45) is 0 Å². The number of piperidine rings is 1. The van der Waals surface area contributed by atoms with Crippen LogP contribution in [0, 0.1) is 0 Å². The highest BCUT2D eigenvalue weighted by Gasteiger charge is 2.41. The zero-order valence-electron chi connectivity index (χ0n) is 9.85. The molecule has 2 aliphatic heterocycles. The lowest BCUT2D eigenvalue weighted by Gasteiger charge is -2.32. The van der Waals surface area contributed by atoms with Gasteiger partial charge in [0, 0.05) is 11.8 Å². The van der Waals surface area contributed by atoms with Crippen LogP contribution < -0.4 is 5.32 Å². The van der Waals surface area contributed by atoms with E-state index >= 15 is 0 Å². The molecule has 2 saturated heterocycles. The van der Waals surface area contributed by atoms with Crippen LogP contribution in [-0.4, -0.2) is 36.4 Å². The van der Waals surface area contributed by atoms with E-state index in [1.54, 1.807) is 11.3 Å². The van der Waals surface area contributed by atoms with E-state index in [4.69, 9.17) is 9.47 Å². The van der Waals surface area contributed by atoms with Crippen LogP contribution >= 0.6 is 11.3 Å². The fourth-order valence-corrected chi connectivity index (χ4v) is 3.20. The Morgan fingerprint density at radius 2 is 2.41 bits per heavy atom. The summed E-state index contributed by atoms with van der Waals surface area (Å²) in [6, 6.07) is 0. The molecule has 2 aliphatic rings. The van der Waals surface area contributed by atoms with Crippen LogP contribution in [0.15, 0.2) is 10.9 Å². The van der Waals surface area contributed by atoms with Crippen molar-refractivity contribution in [1.29, 1.82) is 0 Å². The number of nitrogens with one attached hydrogen (secondary N) is 1. The van der Waals surface area contributed by atoms with Crippen LogP contribution in [0.1, 0.15) is 25.0 Å². The number of thiazole rings is 1. The maximum absolute atomic E-state index is 5.98. The van der Waals surface area contributed by atoms with Gasteiger partial charge in [-0.15, -0.1) is 11.3 Å². The van der Waals surface area contributed by atoms with Gasteiger partial charge in [0.1, 0.15) is 0 Å². The predicted molar refractivity (Wildman–Crippen MR) is 66.1 cm³/mol. The van der Waals surface area contributed by atoms with Gasteiger partial charge in [-0.1, -0.05) is 0 Å². The van der Waals surface area contributed by atoms with Gasteiger partial charge in [-0.25, -0.2) is 4.98 Å². The SMILES string of the molecule is c1nc(COC2COC3(CCNCC3)C2)cs1. The molecule has 3 rings (SSSR count). The summed E-state index contributed by atoms with van der Waals surface area (Å²) in [6.07, 6.45) is 3.51. The Bertz CT molecular complexity index is 349. The predicted octanol–water partition coefficient (Wildman–Crippen LogP) is 1.57. The van der Waals surface area contributed by atoms with Gasteiger partial charge in [0.05, 0.1) is 36.1 Å². The summed E-state index contributed by atoms with van der Waals surface area (Å²) in [4.78, 5) is 4.22. The van der Waals surface area contributed by atoms with Gasteiger partial charge < -0.3 is 14.8 Å². The number of rotatable bonds is 3. The van der Waals surface area contributed by atoms with Crippen LogP contribution in [0.5, 0.6) is 0 Å². The molecule has 4 nitrogen and oxygen atoms in total. The highest BCUT2D eigenvalue weighted by atomic mass is 32.1. The van der Waals surface area contributed by atoms with Gasteiger partial charge in [0.2, 0.25) is 0 Å². The van der Waals surface area contributed by atoms with Crippen molar-refractivity contribution in [2.75, 3.05) is 19.7 Å². The summed E-state index contributed by atoms with van der Waals surface area (Å²) in [5.74, 6) is 0. The Morgan fingerprint density at radius 1 is 1.53 bits per heavy atom. The van der Waals surface area contributed by atoms with Gasteiger partial charge in [-0.2, -0.15) is 0 Å². The van der Waals surface area contributed by atoms with Gasteiger partial charge >= 0.3 is 0 Å². The molecule has 1 N–H and O–H groups in total. The number of hydrogen-bond acceptors (Lipinski definition) is 5. The normalized spacial score (nSPS) is 27.6. The third-order valence-corrected chi connectivity index (χ3v) is 4.28. The Kier molecular flexibility index (Phi) is 3.42. The van der Waals surface area contributed by atoms with Crippen molar-refractivity contribution >= 4 is 11.3 Å². The van der Waals surface area contributed by atoms with Crippen molar-refractivity contribution in [1.82, 2.24) is 10.3 Å². The lowest BCUT2D eigenvalue weighted by atomic mass is 9.89. The fraction of sp³-hybridized carbons (Fsp3) is 0.750. The van der Waals surface area contributed by atoms with E-state index in [2.05, 4.69) is 10.3 Å². The molecule has 1 spiro atoms. The Morgan fingerprint density at radius 3 is 3.18 bits per heavy atom. The molecule has 0 amide bonds. The molecule has 0 saturated carbocycles. The van der Waals surface area contributed by atoms with Crippen molar-refractivity contribution in [3.8, 4) is 0 Å². The van der Waals surface area contributed by atoms with Crippen molar-refractivity contribution in [3.05, 3.63) is 16.6 Å². The van der Waals surface area contributed by atoms with E-state index in [1.807, 2.05) is 10.9 Å². The molecule has 1 aromatic heterocycles. The standard InChI is InChI=1S/C12H18N2O2S/c1-3-13-4-2-12(1)5-11(7-16-12)15-6-10-8-17-9-14-10/h8-9,11,13H,1-7H2. The third-order valence-electron chi connectivity index (χ3n) is 3.64. The minimum atomic E-state index is 0.0952. The minimum absolute atomic E-state index is 0.0952. The first-order valence-corrected chi connectivity index (χ1v) is 7.14. The highest BCUT2D eigenvalue weighted by Crippen LogP contribution is 2.35. The smallest absolute Gasteiger partial charge is 0.0901 e. The number of nitrogens with zero attached hydrogens (tertiary/aromatic N) is 1. The van der Waals surface area contributed by atoms with Crippen LogP contribution in [-0.2, 0) is 16.1 Å². The summed E-state index contributed by atoms with van der Waals surface area (Å²) in [7, 11) is 0. The molecule has 0 bridgehead atoms. The van der Waals surface area contributed by atoms with Crippen LogP contribution in [0.4, 0.5) is 0 Å². The Hall–Kier alpha value is -0.490. The molecule has 0 aromatic carbocycles. The minimum Gasteiger partial charge on any atom is -0.372 e. The molecule has 1 atom stereocenters. The quantitative estimate of drug-likeness (QED) is 0.889. The lowest BCUT2D eigenvalue weighted by Crippen LogP contribution is -2.41.